The second kappa shape index (κ2) is 4.11. The summed E-state index contributed by atoms with van der Waals surface area (Å²) in [6, 6.07) is 5.60. The van der Waals surface area contributed by atoms with Gasteiger partial charge in [-0.2, -0.15) is 5.26 Å². The predicted octanol–water partition coefficient (Wildman–Crippen LogP) is 2.07. The van der Waals surface area contributed by atoms with E-state index in [0.717, 1.165) is 12.2 Å². The van der Waals surface area contributed by atoms with Gasteiger partial charge in [-0.15, -0.1) is 0 Å². The van der Waals surface area contributed by atoms with Gasteiger partial charge in [-0.05, 0) is 0 Å². The van der Waals surface area contributed by atoms with Gasteiger partial charge in [0.1, 0.15) is 17.5 Å². The first kappa shape index (κ1) is 10.9. The number of anilines is 1. The zero-order valence-electron chi connectivity index (χ0n) is 9.03. The quantitative estimate of drug-likeness (QED) is 0.757. The van der Waals surface area contributed by atoms with Crippen LogP contribution < -0.4 is 14.4 Å². The van der Waals surface area contributed by atoms with E-state index >= 15 is 0 Å². The number of rotatable bonds is 3. The number of nitriles is 1. The van der Waals surface area contributed by atoms with Crippen LogP contribution in [-0.4, -0.2) is 26.8 Å². The Morgan fingerprint density at radius 3 is 2.56 bits per heavy atom. The molecule has 1 atom stereocenters. The zero-order valence-corrected chi connectivity index (χ0v) is 9.78. The van der Waals surface area contributed by atoms with Crippen LogP contribution in [0.15, 0.2) is 12.1 Å². The summed E-state index contributed by atoms with van der Waals surface area (Å²) in [5, 5.41) is 9.29. The first-order valence-corrected chi connectivity index (χ1v) is 5.16. The summed E-state index contributed by atoms with van der Waals surface area (Å²) in [5.74, 6) is 1.24. The molecule has 1 unspecified atom stereocenters. The third-order valence-electron chi connectivity index (χ3n) is 2.52. The fourth-order valence-electron chi connectivity index (χ4n) is 1.58. The summed E-state index contributed by atoms with van der Waals surface area (Å²) in [5.41, 5.74) is 0.843. The van der Waals surface area contributed by atoms with Crippen molar-refractivity contribution in [2.45, 2.75) is 6.04 Å². The number of ether oxygens (including phenoxy) is 2. The first-order valence-electron chi connectivity index (χ1n) is 4.79. The minimum absolute atomic E-state index is 0.0696. The van der Waals surface area contributed by atoms with Crippen LogP contribution in [0.4, 0.5) is 5.69 Å². The normalized spacial score (nSPS) is 17.9. The highest BCUT2D eigenvalue weighted by Gasteiger charge is 2.36. The van der Waals surface area contributed by atoms with Crippen molar-refractivity contribution >= 4 is 17.3 Å². The Kier molecular flexibility index (Phi) is 2.80. The van der Waals surface area contributed by atoms with Crippen LogP contribution in [0.3, 0.4) is 0 Å². The van der Waals surface area contributed by atoms with Crippen molar-refractivity contribution in [3.05, 3.63) is 17.2 Å². The fraction of sp³-hybridized carbons (Fsp3) is 0.364. The highest BCUT2D eigenvalue weighted by Crippen LogP contribution is 2.41. The van der Waals surface area contributed by atoms with Crippen molar-refractivity contribution in [1.29, 1.82) is 5.26 Å². The topological polar surface area (TPSA) is 45.3 Å². The Hall–Kier alpha value is -1.60. The summed E-state index contributed by atoms with van der Waals surface area (Å²) in [4.78, 5) is 1.93. The lowest BCUT2D eigenvalue weighted by Crippen LogP contribution is -2.00. The van der Waals surface area contributed by atoms with E-state index in [1.54, 1.807) is 26.4 Å². The Balaban J connectivity index is 2.40. The fourth-order valence-corrected chi connectivity index (χ4v) is 1.82. The molecular formula is C11H11ClN2O2. The van der Waals surface area contributed by atoms with Crippen molar-refractivity contribution in [3.63, 3.8) is 0 Å². The lowest BCUT2D eigenvalue weighted by atomic mass is 10.2. The van der Waals surface area contributed by atoms with Gasteiger partial charge in [0.25, 0.3) is 0 Å². The molecule has 4 nitrogen and oxygen atoms in total. The molecule has 1 aromatic rings. The SMILES string of the molecule is COc1cc(N2CC2C#N)c(OC)cc1Cl. The van der Waals surface area contributed by atoms with Crippen LogP contribution in [0.5, 0.6) is 11.5 Å². The molecule has 0 bridgehead atoms. The molecule has 1 aliphatic heterocycles. The first-order chi connectivity index (χ1) is 7.71. The molecular weight excluding hydrogens is 228 g/mol. The third-order valence-corrected chi connectivity index (χ3v) is 2.82. The van der Waals surface area contributed by atoms with Crippen molar-refractivity contribution < 1.29 is 9.47 Å². The van der Waals surface area contributed by atoms with Gasteiger partial charge in [-0.25, -0.2) is 0 Å². The Bertz CT molecular complexity index is 456. The van der Waals surface area contributed by atoms with E-state index < -0.39 is 0 Å². The molecule has 0 spiro atoms. The molecule has 1 saturated heterocycles. The number of hydrogen-bond donors (Lipinski definition) is 0. The van der Waals surface area contributed by atoms with Gasteiger partial charge in [0.2, 0.25) is 0 Å². The third kappa shape index (κ3) is 1.74. The van der Waals surface area contributed by atoms with Crippen LogP contribution >= 0.6 is 11.6 Å². The maximum atomic E-state index is 8.79. The van der Waals surface area contributed by atoms with Gasteiger partial charge in [-0.3, -0.25) is 0 Å². The van der Waals surface area contributed by atoms with E-state index in [9.17, 15) is 0 Å². The molecule has 5 heteroatoms. The summed E-state index contributed by atoms with van der Waals surface area (Å²) in [7, 11) is 3.13. The van der Waals surface area contributed by atoms with E-state index in [1.807, 2.05) is 4.90 Å². The maximum Gasteiger partial charge on any atom is 0.143 e. The molecule has 1 heterocycles. The molecule has 1 aromatic carbocycles. The average Bonchev–Trinajstić information content (AvgIpc) is 3.07. The average molecular weight is 239 g/mol. The Morgan fingerprint density at radius 2 is 2.06 bits per heavy atom. The molecule has 0 radical (unpaired) electrons. The molecule has 0 saturated carbocycles. The standard InChI is InChI=1S/C11H11ClN2O2/c1-15-10-4-9(14-6-7(14)5-13)11(16-2)3-8(10)12/h3-4,7H,6H2,1-2H3. The number of hydrogen-bond acceptors (Lipinski definition) is 4. The van der Waals surface area contributed by atoms with Gasteiger partial charge in [-0.1, -0.05) is 11.6 Å². The van der Waals surface area contributed by atoms with Crippen LogP contribution in [0.25, 0.3) is 0 Å². The second-order valence-electron chi connectivity index (χ2n) is 3.46. The van der Waals surface area contributed by atoms with E-state index in [4.69, 9.17) is 26.3 Å². The number of nitrogens with zero attached hydrogens (tertiary/aromatic N) is 2. The minimum Gasteiger partial charge on any atom is -0.495 e. The van der Waals surface area contributed by atoms with Gasteiger partial charge in [0.05, 0.1) is 37.5 Å². The molecule has 84 valence electrons. The molecule has 1 aliphatic rings. The lowest BCUT2D eigenvalue weighted by Gasteiger charge is -2.12. The summed E-state index contributed by atoms with van der Waals surface area (Å²) in [6.45, 7) is 0.720. The van der Waals surface area contributed by atoms with E-state index in [2.05, 4.69) is 6.07 Å². The van der Waals surface area contributed by atoms with Gasteiger partial charge in [0, 0.05) is 12.1 Å². The molecule has 16 heavy (non-hydrogen) atoms. The summed E-state index contributed by atoms with van der Waals surface area (Å²) < 4.78 is 10.4. The number of methoxy groups -OCH3 is 2. The molecule has 1 fully saturated rings. The maximum absolute atomic E-state index is 8.79. The molecule has 0 amide bonds. The molecule has 0 aliphatic carbocycles. The van der Waals surface area contributed by atoms with Crippen LogP contribution in [0, 0.1) is 11.3 Å². The van der Waals surface area contributed by atoms with Crippen molar-refractivity contribution in [1.82, 2.24) is 0 Å². The summed E-state index contributed by atoms with van der Waals surface area (Å²) in [6.07, 6.45) is 0. The van der Waals surface area contributed by atoms with Crippen molar-refractivity contribution in [3.8, 4) is 17.6 Å². The van der Waals surface area contributed by atoms with Crippen LogP contribution in [0.1, 0.15) is 0 Å². The van der Waals surface area contributed by atoms with Gasteiger partial charge < -0.3 is 14.4 Å². The number of halogens is 1. The Labute approximate surface area is 98.9 Å². The lowest BCUT2D eigenvalue weighted by molar-refractivity contribution is 0.404. The van der Waals surface area contributed by atoms with E-state index in [1.165, 1.54) is 0 Å². The minimum atomic E-state index is -0.0696. The molecule has 2 rings (SSSR count). The van der Waals surface area contributed by atoms with E-state index in [0.29, 0.717) is 16.5 Å². The van der Waals surface area contributed by atoms with Crippen molar-refractivity contribution in [2.75, 3.05) is 25.7 Å². The molecule has 0 N–H and O–H groups in total. The van der Waals surface area contributed by atoms with Gasteiger partial charge >= 0.3 is 0 Å². The monoisotopic (exact) mass is 238 g/mol. The Morgan fingerprint density at radius 1 is 1.38 bits per heavy atom. The smallest absolute Gasteiger partial charge is 0.143 e. The van der Waals surface area contributed by atoms with Crippen molar-refractivity contribution in [2.24, 2.45) is 0 Å². The summed E-state index contributed by atoms with van der Waals surface area (Å²) >= 11 is 5.99. The largest absolute Gasteiger partial charge is 0.495 e. The predicted molar refractivity (Wildman–Crippen MR) is 61.3 cm³/mol. The highest BCUT2D eigenvalue weighted by molar-refractivity contribution is 6.32. The highest BCUT2D eigenvalue weighted by atomic mass is 35.5. The molecule has 0 aromatic heterocycles. The van der Waals surface area contributed by atoms with E-state index in [-0.39, 0.29) is 6.04 Å². The second-order valence-corrected chi connectivity index (χ2v) is 3.86. The number of benzene rings is 1. The van der Waals surface area contributed by atoms with Gasteiger partial charge in [0.15, 0.2) is 0 Å². The van der Waals surface area contributed by atoms with Crippen LogP contribution in [0.2, 0.25) is 5.02 Å². The zero-order chi connectivity index (χ0) is 11.7. The van der Waals surface area contributed by atoms with Crippen LogP contribution in [-0.2, 0) is 0 Å².